The van der Waals surface area contributed by atoms with Crippen LogP contribution in [0.5, 0.6) is 17.2 Å². The molecule has 1 saturated heterocycles. The Bertz CT molecular complexity index is 906. The van der Waals surface area contributed by atoms with Crippen LogP contribution in [0.15, 0.2) is 48.5 Å². The van der Waals surface area contributed by atoms with Crippen LogP contribution < -0.4 is 14.8 Å². The van der Waals surface area contributed by atoms with Crippen LogP contribution in [0.4, 0.5) is 5.69 Å². The summed E-state index contributed by atoms with van der Waals surface area (Å²) in [5.41, 5.74) is 0.692. The lowest BCUT2D eigenvalue weighted by atomic mass is 9.79. The molecule has 1 aliphatic heterocycles. The number of nitrogens with one attached hydrogen (secondary N) is 1. The van der Waals surface area contributed by atoms with Crippen LogP contribution in [0.2, 0.25) is 0 Å². The van der Waals surface area contributed by atoms with Crippen LogP contribution in [0.3, 0.4) is 0 Å². The van der Waals surface area contributed by atoms with Crippen molar-refractivity contribution in [3.8, 4) is 17.2 Å². The quantitative estimate of drug-likeness (QED) is 0.803. The molecule has 2 aliphatic carbocycles. The molecule has 5 rings (SSSR count). The zero-order valence-electron chi connectivity index (χ0n) is 15.5. The molecule has 6 nitrogen and oxygen atoms in total. The fraction of sp³-hybridized carbons (Fsp3) is 0.364. The van der Waals surface area contributed by atoms with E-state index in [1.165, 1.54) is 0 Å². The zero-order valence-corrected chi connectivity index (χ0v) is 15.5. The third kappa shape index (κ3) is 2.80. The summed E-state index contributed by atoms with van der Waals surface area (Å²) in [4.78, 5) is 24.9. The number of methoxy groups -OCH3 is 1. The molecule has 5 atom stereocenters. The molecule has 6 heteroatoms. The van der Waals surface area contributed by atoms with Crippen molar-refractivity contribution in [2.45, 2.75) is 18.9 Å². The zero-order chi connectivity index (χ0) is 19.3. The summed E-state index contributed by atoms with van der Waals surface area (Å²) in [6, 6.07) is 14.5. The Hall–Kier alpha value is -3.02. The average Bonchev–Trinajstić information content (AvgIpc) is 3.33. The van der Waals surface area contributed by atoms with Crippen LogP contribution in [-0.4, -0.2) is 25.1 Å². The van der Waals surface area contributed by atoms with E-state index >= 15 is 0 Å². The van der Waals surface area contributed by atoms with Gasteiger partial charge in [0.15, 0.2) is 0 Å². The number of rotatable bonds is 5. The van der Waals surface area contributed by atoms with Crippen LogP contribution >= 0.6 is 0 Å². The van der Waals surface area contributed by atoms with E-state index in [-0.39, 0.29) is 41.7 Å². The number of hydrogen-bond donors (Lipinski definition) is 1. The standard InChI is InChI=1S/C22H21NO5/c1-26-14-6-8-16(9-7-14)27-15-4-2-13(3-5-15)23-21(24)19-12-10-17-18(11-12)28-22(25)20(17)19/h2-9,12,17-20H,10-11H2,1H3,(H,23,24). The highest BCUT2D eigenvalue weighted by Crippen LogP contribution is 2.57. The lowest BCUT2D eigenvalue weighted by molar-refractivity contribution is -0.145. The maximum absolute atomic E-state index is 12.8. The van der Waals surface area contributed by atoms with Crippen molar-refractivity contribution in [1.82, 2.24) is 0 Å². The van der Waals surface area contributed by atoms with Gasteiger partial charge in [0.05, 0.1) is 18.9 Å². The second kappa shape index (κ2) is 6.55. The predicted octanol–water partition coefficient (Wildman–Crippen LogP) is 3.62. The number of ether oxygens (including phenoxy) is 3. The Balaban J connectivity index is 1.24. The van der Waals surface area contributed by atoms with E-state index in [2.05, 4.69) is 5.32 Å². The summed E-state index contributed by atoms with van der Waals surface area (Å²) in [5, 5.41) is 2.96. The summed E-state index contributed by atoms with van der Waals surface area (Å²) in [6.07, 6.45) is 1.79. The van der Waals surface area contributed by atoms with E-state index in [0.717, 1.165) is 18.6 Å². The number of amides is 1. The molecule has 3 fully saturated rings. The number of hydrogen-bond acceptors (Lipinski definition) is 5. The Morgan fingerprint density at radius 2 is 1.64 bits per heavy atom. The van der Waals surface area contributed by atoms with E-state index in [0.29, 0.717) is 17.2 Å². The van der Waals surface area contributed by atoms with Crippen LogP contribution in [0.25, 0.3) is 0 Å². The normalized spacial score (nSPS) is 29.5. The van der Waals surface area contributed by atoms with Gasteiger partial charge in [-0.25, -0.2) is 0 Å². The van der Waals surface area contributed by atoms with Gasteiger partial charge in [-0.1, -0.05) is 0 Å². The largest absolute Gasteiger partial charge is 0.497 e. The molecular weight excluding hydrogens is 358 g/mol. The summed E-state index contributed by atoms with van der Waals surface area (Å²) >= 11 is 0. The fourth-order valence-corrected chi connectivity index (χ4v) is 4.97. The molecule has 28 heavy (non-hydrogen) atoms. The first-order chi connectivity index (χ1) is 13.6. The highest BCUT2D eigenvalue weighted by Gasteiger charge is 2.63. The van der Waals surface area contributed by atoms with Crippen LogP contribution in [0, 0.1) is 23.7 Å². The summed E-state index contributed by atoms with van der Waals surface area (Å²) in [7, 11) is 1.62. The first kappa shape index (κ1) is 17.1. The van der Waals surface area contributed by atoms with Crippen molar-refractivity contribution in [3.05, 3.63) is 48.5 Å². The van der Waals surface area contributed by atoms with Crippen LogP contribution in [0.1, 0.15) is 12.8 Å². The molecule has 5 unspecified atom stereocenters. The molecule has 3 aliphatic rings. The van der Waals surface area contributed by atoms with Crippen molar-refractivity contribution in [1.29, 1.82) is 0 Å². The molecule has 2 bridgehead atoms. The summed E-state index contributed by atoms with van der Waals surface area (Å²) in [6.45, 7) is 0. The molecule has 1 N–H and O–H groups in total. The van der Waals surface area contributed by atoms with Gasteiger partial charge in [0, 0.05) is 11.6 Å². The van der Waals surface area contributed by atoms with Gasteiger partial charge in [0.25, 0.3) is 0 Å². The van der Waals surface area contributed by atoms with Crippen LogP contribution in [-0.2, 0) is 14.3 Å². The Kier molecular flexibility index (Phi) is 4.00. The first-order valence-electron chi connectivity index (χ1n) is 9.56. The minimum absolute atomic E-state index is 0.0425. The molecule has 1 heterocycles. The first-order valence-corrected chi connectivity index (χ1v) is 9.56. The number of fused-ring (bicyclic) bond motifs is 1. The fourth-order valence-electron chi connectivity index (χ4n) is 4.97. The third-order valence-electron chi connectivity index (χ3n) is 6.20. The van der Waals surface area contributed by atoms with E-state index in [1.807, 2.05) is 24.3 Å². The van der Waals surface area contributed by atoms with Crippen molar-refractivity contribution in [2.75, 3.05) is 12.4 Å². The highest BCUT2D eigenvalue weighted by atomic mass is 16.6. The van der Waals surface area contributed by atoms with Crippen molar-refractivity contribution in [3.63, 3.8) is 0 Å². The van der Waals surface area contributed by atoms with E-state index in [4.69, 9.17) is 14.2 Å². The molecule has 0 radical (unpaired) electrons. The van der Waals surface area contributed by atoms with Crippen molar-refractivity contribution < 1.29 is 23.8 Å². The maximum Gasteiger partial charge on any atom is 0.310 e. The highest BCUT2D eigenvalue weighted by molar-refractivity contribution is 5.97. The second-order valence-corrected chi connectivity index (χ2v) is 7.71. The smallest absolute Gasteiger partial charge is 0.310 e. The number of carbonyl (C=O) groups is 2. The van der Waals surface area contributed by atoms with Gasteiger partial charge >= 0.3 is 5.97 Å². The van der Waals surface area contributed by atoms with E-state index < -0.39 is 0 Å². The number of esters is 1. The molecule has 2 aromatic carbocycles. The van der Waals surface area contributed by atoms with Gasteiger partial charge in [-0.05, 0) is 67.3 Å². The number of carbonyl (C=O) groups excluding carboxylic acids is 2. The Labute approximate surface area is 162 Å². The van der Waals surface area contributed by atoms with Crippen molar-refractivity contribution >= 4 is 17.6 Å². The average molecular weight is 379 g/mol. The maximum atomic E-state index is 12.8. The SMILES string of the molecule is COc1ccc(Oc2ccc(NC(=O)C3C4CC5OC(=O)C3C5C4)cc2)cc1. The number of benzene rings is 2. The minimum atomic E-state index is -0.272. The van der Waals surface area contributed by atoms with Gasteiger partial charge in [-0.15, -0.1) is 0 Å². The van der Waals surface area contributed by atoms with Gasteiger partial charge in [0.2, 0.25) is 5.91 Å². The third-order valence-corrected chi connectivity index (χ3v) is 6.20. The Morgan fingerprint density at radius 1 is 1.00 bits per heavy atom. The Morgan fingerprint density at radius 3 is 2.32 bits per heavy atom. The van der Waals surface area contributed by atoms with E-state index in [9.17, 15) is 9.59 Å². The lowest BCUT2D eigenvalue weighted by Crippen LogP contribution is -2.35. The topological polar surface area (TPSA) is 73.9 Å². The van der Waals surface area contributed by atoms with Crippen molar-refractivity contribution in [2.24, 2.45) is 23.7 Å². The molecular formula is C22H21NO5. The van der Waals surface area contributed by atoms with Gasteiger partial charge < -0.3 is 19.5 Å². The lowest BCUT2D eigenvalue weighted by Gasteiger charge is -2.23. The molecule has 0 aromatic heterocycles. The monoisotopic (exact) mass is 379 g/mol. The molecule has 1 amide bonds. The summed E-state index contributed by atoms with van der Waals surface area (Å²) in [5.74, 6) is 1.81. The minimum Gasteiger partial charge on any atom is -0.497 e. The van der Waals surface area contributed by atoms with Gasteiger partial charge in [-0.2, -0.15) is 0 Å². The summed E-state index contributed by atoms with van der Waals surface area (Å²) < 4.78 is 16.3. The molecule has 144 valence electrons. The second-order valence-electron chi connectivity index (χ2n) is 7.71. The van der Waals surface area contributed by atoms with Gasteiger partial charge in [0.1, 0.15) is 23.4 Å². The molecule has 0 spiro atoms. The van der Waals surface area contributed by atoms with E-state index in [1.54, 1.807) is 31.4 Å². The number of anilines is 1. The predicted molar refractivity (Wildman–Crippen MR) is 101 cm³/mol. The van der Waals surface area contributed by atoms with Gasteiger partial charge in [-0.3, -0.25) is 9.59 Å². The molecule has 2 aromatic rings. The molecule has 2 saturated carbocycles.